The zero-order valence-electron chi connectivity index (χ0n) is 9.18. The number of hydrogen-bond donors (Lipinski definition) is 1. The predicted octanol–water partition coefficient (Wildman–Crippen LogP) is 2.74. The van der Waals surface area contributed by atoms with Crippen molar-refractivity contribution in [2.75, 3.05) is 0 Å². The van der Waals surface area contributed by atoms with Gasteiger partial charge in [-0.3, -0.25) is 9.79 Å². The maximum atomic E-state index is 10.7. The van der Waals surface area contributed by atoms with Crippen LogP contribution in [-0.2, 0) is 11.2 Å². The standard InChI is InChI=1S/C14H11NO2/c16-14(17)8-9-5-6-13-11(7-9)10-3-1-2-4-12(10)15-13/h1-3,5-7H,4,8H2,(H,16,17). The maximum absolute atomic E-state index is 10.7. The first kappa shape index (κ1) is 10.0. The van der Waals surface area contributed by atoms with Crippen LogP contribution in [0.4, 0.5) is 5.69 Å². The summed E-state index contributed by atoms with van der Waals surface area (Å²) in [5.74, 6) is -0.804. The van der Waals surface area contributed by atoms with Crippen LogP contribution in [-0.4, -0.2) is 16.8 Å². The molecule has 0 spiro atoms. The van der Waals surface area contributed by atoms with Gasteiger partial charge < -0.3 is 5.11 Å². The fourth-order valence-electron chi connectivity index (χ4n) is 2.23. The Kier molecular flexibility index (Phi) is 2.18. The van der Waals surface area contributed by atoms with Crippen molar-refractivity contribution in [2.24, 2.45) is 4.99 Å². The first-order valence-electron chi connectivity index (χ1n) is 5.54. The molecule has 1 aromatic rings. The minimum Gasteiger partial charge on any atom is -0.481 e. The van der Waals surface area contributed by atoms with E-state index in [0.717, 1.165) is 34.5 Å². The molecule has 0 radical (unpaired) electrons. The average molecular weight is 225 g/mol. The highest BCUT2D eigenvalue weighted by Crippen LogP contribution is 2.37. The Bertz CT molecular complexity index is 594. The minimum atomic E-state index is -0.804. The molecular weight excluding hydrogens is 214 g/mol. The molecule has 1 aliphatic heterocycles. The second kappa shape index (κ2) is 3.70. The van der Waals surface area contributed by atoms with E-state index in [9.17, 15) is 4.79 Å². The van der Waals surface area contributed by atoms with Gasteiger partial charge in [0.25, 0.3) is 0 Å². The smallest absolute Gasteiger partial charge is 0.307 e. The number of carbonyl (C=O) groups is 1. The van der Waals surface area contributed by atoms with Crippen LogP contribution in [0.2, 0.25) is 0 Å². The molecule has 1 aliphatic carbocycles. The van der Waals surface area contributed by atoms with Crippen molar-refractivity contribution in [1.29, 1.82) is 0 Å². The Morgan fingerprint density at radius 1 is 1.41 bits per heavy atom. The lowest BCUT2D eigenvalue weighted by Gasteiger charge is -2.06. The quantitative estimate of drug-likeness (QED) is 0.841. The monoisotopic (exact) mass is 225 g/mol. The minimum absolute atomic E-state index is 0.0612. The lowest BCUT2D eigenvalue weighted by molar-refractivity contribution is -0.136. The number of carboxylic acid groups (broad SMARTS) is 1. The molecule has 3 rings (SSSR count). The van der Waals surface area contributed by atoms with E-state index in [4.69, 9.17) is 5.11 Å². The first-order chi connectivity index (χ1) is 8.24. The molecule has 0 amide bonds. The van der Waals surface area contributed by atoms with Crippen molar-refractivity contribution in [3.8, 4) is 0 Å². The number of nitrogens with zero attached hydrogens (tertiary/aromatic N) is 1. The van der Waals surface area contributed by atoms with Crippen molar-refractivity contribution < 1.29 is 9.90 Å². The fraction of sp³-hybridized carbons (Fsp3) is 0.143. The van der Waals surface area contributed by atoms with Crippen LogP contribution in [0.1, 0.15) is 17.5 Å². The second-order valence-corrected chi connectivity index (χ2v) is 4.19. The summed E-state index contributed by atoms with van der Waals surface area (Å²) in [6.45, 7) is 0. The number of carboxylic acids is 1. The van der Waals surface area contributed by atoms with Crippen LogP contribution in [0.5, 0.6) is 0 Å². The highest BCUT2D eigenvalue weighted by atomic mass is 16.4. The third-order valence-corrected chi connectivity index (χ3v) is 2.98. The molecule has 0 bridgehead atoms. The normalized spacial score (nSPS) is 16.0. The van der Waals surface area contributed by atoms with Crippen molar-refractivity contribution in [3.63, 3.8) is 0 Å². The molecule has 84 valence electrons. The summed E-state index contributed by atoms with van der Waals surface area (Å²) in [6.07, 6.45) is 7.05. The van der Waals surface area contributed by atoms with Crippen molar-refractivity contribution in [2.45, 2.75) is 12.8 Å². The summed E-state index contributed by atoms with van der Waals surface area (Å²) < 4.78 is 0. The Morgan fingerprint density at radius 2 is 2.29 bits per heavy atom. The molecular formula is C14H11NO2. The molecule has 1 N–H and O–H groups in total. The van der Waals surface area contributed by atoms with E-state index in [1.807, 2.05) is 30.4 Å². The van der Waals surface area contributed by atoms with Gasteiger partial charge in [-0.1, -0.05) is 24.3 Å². The summed E-state index contributed by atoms with van der Waals surface area (Å²) in [6, 6.07) is 5.67. The fourth-order valence-corrected chi connectivity index (χ4v) is 2.23. The van der Waals surface area contributed by atoms with Crippen molar-refractivity contribution in [3.05, 3.63) is 47.6 Å². The number of hydrogen-bond acceptors (Lipinski definition) is 2. The van der Waals surface area contributed by atoms with E-state index in [0.29, 0.717) is 0 Å². The van der Waals surface area contributed by atoms with Crippen LogP contribution in [0.25, 0.3) is 5.57 Å². The van der Waals surface area contributed by atoms with Crippen molar-refractivity contribution in [1.82, 2.24) is 0 Å². The highest BCUT2D eigenvalue weighted by molar-refractivity contribution is 6.30. The molecule has 0 saturated heterocycles. The Morgan fingerprint density at radius 3 is 3.12 bits per heavy atom. The van der Waals surface area contributed by atoms with Crippen LogP contribution in [0, 0.1) is 0 Å². The highest BCUT2D eigenvalue weighted by Gasteiger charge is 2.21. The number of rotatable bonds is 2. The molecule has 1 heterocycles. The molecule has 0 fully saturated rings. The molecule has 0 saturated carbocycles. The maximum Gasteiger partial charge on any atom is 0.307 e. The number of benzene rings is 1. The summed E-state index contributed by atoms with van der Waals surface area (Å²) >= 11 is 0. The van der Waals surface area contributed by atoms with Gasteiger partial charge in [0.2, 0.25) is 0 Å². The van der Waals surface area contributed by atoms with Crippen LogP contribution in [0.3, 0.4) is 0 Å². The molecule has 0 unspecified atom stereocenters. The summed E-state index contributed by atoms with van der Waals surface area (Å²) in [5, 5.41) is 8.79. The first-order valence-corrected chi connectivity index (χ1v) is 5.54. The Hall–Kier alpha value is -2.16. The van der Waals surface area contributed by atoms with Crippen LogP contribution < -0.4 is 0 Å². The lowest BCUT2D eigenvalue weighted by Crippen LogP contribution is -2.01. The molecule has 2 aliphatic rings. The van der Waals surface area contributed by atoms with E-state index < -0.39 is 5.97 Å². The third-order valence-electron chi connectivity index (χ3n) is 2.98. The molecule has 3 heteroatoms. The van der Waals surface area contributed by atoms with Gasteiger partial charge in [-0.2, -0.15) is 0 Å². The summed E-state index contributed by atoms with van der Waals surface area (Å²) in [5.41, 5.74) is 5.04. The lowest BCUT2D eigenvalue weighted by atomic mass is 9.95. The van der Waals surface area contributed by atoms with E-state index >= 15 is 0 Å². The number of aliphatic carboxylic acids is 1. The number of aliphatic imine (C=N–C) groups is 1. The predicted molar refractivity (Wildman–Crippen MR) is 66.6 cm³/mol. The number of allylic oxidation sites excluding steroid dienone is 4. The van der Waals surface area contributed by atoms with Gasteiger partial charge in [0.05, 0.1) is 17.8 Å². The second-order valence-electron chi connectivity index (χ2n) is 4.19. The molecule has 0 aromatic heterocycles. The molecule has 0 atom stereocenters. The van der Waals surface area contributed by atoms with Gasteiger partial charge in [-0.15, -0.1) is 0 Å². The zero-order chi connectivity index (χ0) is 11.8. The molecule has 3 nitrogen and oxygen atoms in total. The molecule has 1 aromatic carbocycles. The van der Waals surface area contributed by atoms with Gasteiger partial charge >= 0.3 is 5.97 Å². The topological polar surface area (TPSA) is 49.7 Å². The van der Waals surface area contributed by atoms with Gasteiger partial charge in [-0.05, 0) is 17.7 Å². The van der Waals surface area contributed by atoms with Gasteiger partial charge in [0.15, 0.2) is 0 Å². The van der Waals surface area contributed by atoms with Crippen LogP contribution >= 0.6 is 0 Å². The average Bonchev–Trinajstić information content (AvgIpc) is 2.66. The van der Waals surface area contributed by atoms with Gasteiger partial charge in [0.1, 0.15) is 0 Å². The SMILES string of the molecule is O=C(O)Cc1ccc2c(c1)C1=CC=CCC1=N2. The molecule has 17 heavy (non-hydrogen) atoms. The largest absolute Gasteiger partial charge is 0.481 e. The van der Waals surface area contributed by atoms with Crippen LogP contribution in [0.15, 0.2) is 41.4 Å². The third kappa shape index (κ3) is 1.69. The Labute approximate surface area is 98.8 Å². The van der Waals surface area contributed by atoms with E-state index in [-0.39, 0.29) is 6.42 Å². The van der Waals surface area contributed by atoms with E-state index in [1.54, 1.807) is 0 Å². The van der Waals surface area contributed by atoms with E-state index in [1.165, 1.54) is 0 Å². The summed E-state index contributed by atoms with van der Waals surface area (Å²) in [4.78, 5) is 15.2. The van der Waals surface area contributed by atoms with Crippen molar-refractivity contribution >= 4 is 22.9 Å². The van der Waals surface area contributed by atoms with E-state index in [2.05, 4.69) is 11.1 Å². The zero-order valence-corrected chi connectivity index (χ0v) is 9.18. The summed E-state index contributed by atoms with van der Waals surface area (Å²) in [7, 11) is 0. The number of fused-ring (bicyclic) bond motifs is 3. The van der Waals surface area contributed by atoms with Gasteiger partial charge in [-0.25, -0.2) is 0 Å². The van der Waals surface area contributed by atoms with Gasteiger partial charge in [0, 0.05) is 17.6 Å². The Balaban J connectivity index is 2.04.